The first-order valence-electron chi connectivity index (χ1n) is 7.53. The smallest absolute Gasteiger partial charge is 0.311 e. The monoisotopic (exact) mass is 350 g/mol. The van der Waals surface area contributed by atoms with Gasteiger partial charge in [0, 0.05) is 11.1 Å². The van der Waals surface area contributed by atoms with Gasteiger partial charge in [-0.05, 0) is 30.5 Å². The fraction of sp³-hybridized carbons (Fsp3) is 0.353. The summed E-state index contributed by atoms with van der Waals surface area (Å²) in [6.45, 7) is 5.32. The molecule has 0 radical (unpaired) electrons. The van der Waals surface area contributed by atoms with E-state index in [0.29, 0.717) is 10.8 Å². The van der Waals surface area contributed by atoms with Crippen molar-refractivity contribution in [1.29, 1.82) is 0 Å². The van der Waals surface area contributed by atoms with Crippen LogP contribution < -0.4 is 5.32 Å². The molecule has 128 valence electrons. The van der Waals surface area contributed by atoms with Crippen molar-refractivity contribution in [1.82, 2.24) is 5.16 Å². The quantitative estimate of drug-likeness (QED) is 0.807. The summed E-state index contributed by atoms with van der Waals surface area (Å²) in [5.74, 6) is -0.250. The summed E-state index contributed by atoms with van der Waals surface area (Å²) in [6.07, 6.45) is -0.849. The molecule has 0 aliphatic heterocycles. The average molecular weight is 351 g/mol. The number of hydrogen-bond donors (Lipinski definition) is 1. The predicted molar refractivity (Wildman–Crippen MR) is 89.7 cm³/mol. The van der Waals surface area contributed by atoms with Gasteiger partial charge in [0.2, 0.25) is 0 Å². The van der Waals surface area contributed by atoms with E-state index in [1.807, 2.05) is 0 Å². The molecular weight excluding hydrogens is 332 g/mol. The van der Waals surface area contributed by atoms with Crippen molar-refractivity contribution < 1.29 is 18.8 Å². The van der Waals surface area contributed by atoms with Crippen LogP contribution in [0.2, 0.25) is 5.02 Å². The van der Waals surface area contributed by atoms with Gasteiger partial charge in [0.25, 0.3) is 5.91 Å². The number of nitrogens with one attached hydrogen (secondary N) is 1. The van der Waals surface area contributed by atoms with E-state index in [2.05, 4.69) is 10.5 Å². The molecule has 1 heterocycles. The maximum absolute atomic E-state index is 12.3. The van der Waals surface area contributed by atoms with Gasteiger partial charge in [-0.3, -0.25) is 9.59 Å². The third kappa shape index (κ3) is 5.09. The van der Waals surface area contributed by atoms with Crippen molar-refractivity contribution >= 4 is 29.3 Å². The van der Waals surface area contributed by atoms with Crippen molar-refractivity contribution in [3.05, 3.63) is 46.7 Å². The van der Waals surface area contributed by atoms with Crippen LogP contribution in [0.4, 0.5) is 5.82 Å². The van der Waals surface area contributed by atoms with E-state index in [4.69, 9.17) is 20.9 Å². The fourth-order valence-corrected chi connectivity index (χ4v) is 2.19. The lowest BCUT2D eigenvalue weighted by molar-refractivity contribution is -0.156. The molecule has 0 aliphatic rings. The number of rotatable bonds is 6. The first kappa shape index (κ1) is 18.0. The molecule has 1 aromatic heterocycles. The van der Waals surface area contributed by atoms with Gasteiger partial charge in [-0.2, -0.15) is 0 Å². The lowest BCUT2D eigenvalue weighted by Gasteiger charge is -2.20. The van der Waals surface area contributed by atoms with Crippen LogP contribution in [-0.4, -0.2) is 23.1 Å². The SMILES string of the molecule is Cc1cc(NC(=O)[C@@H](OC(=O)Cc2ccc(Cl)cc2)C(C)C)no1. The zero-order valence-corrected chi connectivity index (χ0v) is 14.5. The highest BCUT2D eigenvalue weighted by Crippen LogP contribution is 2.15. The van der Waals surface area contributed by atoms with Gasteiger partial charge in [-0.25, -0.2) is 0 Å². The van der Waals surface area contributed by atoms with Crippen LogP contribution in [0.3, 0.4) is 0 Å². The van der Waals surface area contributed by atoms with Gasteiger partial charge in [0.05, 0.1) is 6.42 Å². The number of halogens is 1. The maximum atomic E-state index is 12.3. The van der Waals surface area contributed by atoms with Gasteiger partial charge >= 0.3 is 5.97 Å². The molecule has 0 unspecified atom stereocenters. The second kappa shape index (κ2) is 7.97. The number of ether oxygens (including phenoxy) is 1. The summed E-state index contributed by atoms with van der Waals surface area (Å²) in [5.41, 5.74) is 0.763. The van der Waals surface area contributed by atoms with Crippen LogP contribution in [0.15, 0.2) is 34.9 Å². The van der Waals surface area contributed by atoms with Gasteiger partial charge in [0.1, 0.15) is 5.76 Å². The Balaban J connectivity index is 1.97. The molecule has 0 fully saturated rings. The normalized spacial score (nSPS) is 12.0. The summed E-state index contributed by atoms with van der Waals surface area (Å²) in [4.78, 5) is 24.4. The summed E-state index contributed by atoms with van der Waals surface area (Å²) >= 11 is 5.81. The van der Waals surface area contributed by atoms with E-state index >= 15 is 0 Å². The van der Waals surface area contributed by atoms with E-state index in [9.17, 15) is 9.59 Å². The number of hydrogen-bond acceptors (Lipinski definition) is 5. The number of esters is 1. The van der Waals surface area contributed by atoms with Gasteiger partial charge in [0.15, 0.2) is 11.9 Å². The van der Waals surface area contributed by atoms with Crippen LogP contribution in [0.25, 0.3) is 0 Å². The Morgan fingerprint density at radius 2 is 1.96 bits per heavy atom. The van der Waals surface area contributed by atoms with Crippen molar-refractivity contribution in [3.63, 3.8) is 0 Å². The first-order chi connectivity index (χ1) is 11.3. The van der Waals surface area contributed by atoms with Gasteiger partial charge in [-0.15, -0.1) is 0 Å². The Labute approximate surface area is 145 Å². The molecule has 1 N–H and O–H groups in total. The van der Waals surface area contributed by atoms with Crippen LogP contribution in [0.1, 0.15) is 25.2 Å². The largest absolute Gasteiger partial charge is 0.452 e. The number of aromatic nitrogens is 1. The number of benzene rings is 1. The third-order valence-corrected chi connectivity index (χ3v) is 3.52. The fourth-order valence-electron chi connectivity index (χ4n) is 2.07. The molecule has 6 nitrogen and oxygen atoms in total. The molecule has 2 aromatic rings. The summed E-state index contributed by atoms with van der Waals surface area (Å²) in [6, 6.07) is 8.47. The molecule has 1 amide bonds. The Kier molecular flexibility index (Phi) is 5.98. The van der Waals surface area contributed by atoms with Crippen LogP contribution >= 0.6 is 11.6 Å². The first-order valence-corrected chi connectivity index (χ1v) is 7.91. The minimum absolute atomic E-state index is 0.0662. The van der Waals surface area contributed by atoms with Gasteiger partial charge in [-0.1, -0.05) is 42.7 Å². The molecule has 0 saturated carbocycles. The summed E-state index contributed by atoms with van der Waals surface area (Å²) < 4.78 is 10.2. The van der Waals surface area contributed by atoms with E-state index < -0.39 is 18.0 Å². The molecule has 7 heteroatoms. The van der Waals surface area contributed by atoms with Crippen molar-refractivity contribution in [2.24, 2.45) is 5.92 Å². The van der Waals surface area contributed by atoms with Crippen molar-refractivity contribution in [3.8, 4) is 0 Å². The summed E-state index contributed by atoms with van der Waals surface area (Å²) in [7, 11) is 0. The number of carbonyl (C=O) groups is 2. The van der Waals surface area contributed by atoms with Crippen molar-refractivity contribution in [2.75, 3.05) is 5.32 Å². The Bertz CT molecular complexity index is 710. The minimum atomic E-state index is -0.915. The molecule has 0 spiro atoms. The maximum Gasteiger partial charge on any atom is 0.311 e. The molecule has 0 aliphatic carbocycles. The Morgan fingerprint density at radius 1 is 1.29 bits per heavy atom. The standard InChI is InChI=1S/C17H19ClN2O4/c1-10(2)16(17(22)19-14-8-11(3)24-20-14)23-15(21)9-12-4-6-13(18)7-5-12/h4-8,10,16H,9H2,1-3H3,(H,19,20,22)/t16-/m0/s1. The van der Waals surface area contributed by atoms with E-state index in [1.54, 1.807) is 51.1 Å². The number of amides is 1. The highest BCUT2D eigenvalue weighted by molar-refractivity contribution is 6.30. The third-order valence-electron chi connectivity index (χ3n) is 3.26. The van der Waals surface area contributed by atoms with E-state index in [-0.39, 0.29) is 18.2 Å². The molecular formula is C17H19ClN2O4. The number of anilines is 1. The van der Waals surface area contributed by atoms with E-state index in [0.717, 1.165) is 5.56 Å². The lowest BCUT2D eigenvalue weighted by atomic mass is 10.1. The number of aryl methyl sites for hydroxylation is 1. The second-order valence-electron chi connectivity index (χ2n) is 5.77. The van der Waals surface area contributed by atoms with Gasteiger partial charge < -0.3 is 14.6 Å². The van der Waals surface area contributed by atoms with Crippen molar-refractivity contribution in [2.45, 2.75) is 33.3 Å². The summed E-state index contributed by atoms with van der Waals surface area (Å²) in [5, 5.41) is 6.87. The molecule has 1 atom stereocenters. The van der Waals surface area contributed by atoms with Crippen LogP contribution in [0, 0.1) is 12.8 Å². The molecule has 2 rings (SSSR count). The number of nitrogens with zero attached hydrogens (tertiary/aromatic N) is 1. The predicted octanol–water partition coefficient (Wildman–Crippen LogP) is 3.39. The number of carbonyl (C=O) groups excluding carboxylic acids is 2. The lowest BCUT2D eigenvalue weighted by Crippen LogP contribution is -2.37. The Morgan fingerprint density at radius 3 is 2.50 bits per heavy atom. The zero-order valence-electron chi connectivity index (χ0n) is 13.7. The second-order valence-corrected chi connectivity index (χ2v) is 6.21. The molecule has 0 saturated heterocycles. The molecule has 24 heavy (non-hydrogen) atoms. The van der Waals surface area contributed by atoms with E-state index in [1.165, 1.54) is 0 Å². The zero-order chi connectivity index (χ0) is 17.7. The topological polar surface area (TPSA) is 81.4 Å². The minimum Gasteiger partial charge on any atom is -0.452 e. The van der Waals surface area contributed by atoms with Crippen LogP contribution in [-0.2, 0) is 20.7 Å². The average Bonchev–Trinajstić information content (AvgIpc) is 2.92. The highest BCUT2D eigenvalue weighted by Gasteiger charge is 2.27. The highest BCUT2D eigenvalue weighted by atomic mass is 35.5. The van der Waals surface area contributed by atoms with Crippen LogP contribution in [0.5, 0.6) is 0 Å². The Hall–Kier alpha value is -2.34. The molecule has 0 bridgehead atoms. The molecule has 1 aromatic carbocycles.